The van der Waals surface area contributed by atoms with Crippen LogP contribution in [0.25, 0.3) is 10.9 Å². The van der Waals surface area contributed by atoms with Crippen LogP contribution >= 0.6 is 0 Å². The molecule has 78 valence electrons. The van der Waals surface area contributed by atoms with Gasteiger partial charge in [0, 0.05) is 5.39 Å². The van der Waals surface area contributed by atoms with E-state index in [9.17, 15) is 8.42 Å². The highest BCUT2D eigenvalue weighted by atomic mass is 32.2. The van der Waals surface area contributed by atoms with Crippen molar-refractivity contribution in [3.8, 4) is 0 Å². The zero-order valence-electron chi connectivity index (χ0n) is 7.97. The van der Waals surface area contributed by atoms with E-state index in [0.29, 0.717) is 4.90 Å². The molecule has 0 spiro atoms. The van der Waals surface area contributed by atoms with Gasteiger partial charge in [0.2, 0.25) is 0 Å². The largest absolute Gasteiger partial charge is 0.278 e. The van der Waals surface area contributed by atoms with Gasteiger partial charge in [0.15, 0.2) is 9.84 Å². The third kappa shape index (κ3) is 1.34. The summed E-state index contributed by atoms with van der Waals surface area (Å²) in [7, 11) is -3.08. The minimum atomic E-state index is -3.08. The first-order valence-electron chi connectivity index (χ1n) is 4.85. The maximum Gasteiger partial charge on any atom is 0.181 e. The van der Waals surface area contributed by atoms with E-state index in [4.69, 9.17) is 0 Å². The molecular weight excluding hydrogens is 212 g/mol. The number of aromatic amines is 1. The number of sulfone groups is 1. The standard InChI is InChI=1S/C10H10N2O2S/c13-15(14,8-1-2-8)9-3-4-10-7(5-9)6-11-12-10/h3-6,8H,1-2H2,(H,11,12). The van der Waals surface area contributed by atoms with Crippen LogP contribution in [0.2, 0.25) is 0 Å². The number of nitrogens with zero attached hydrogens (tertiary/aromatic N) is 1. The van der Waals surface area contributed by atoms with Gasteiger partial charge in [0.1, 0.15) is 0 Å². The van der Waals surface area contributed by atoms with Crippen LogP contribution < -0.4 is 0 Å². The van der Waals surface area contributed by atoms with Gasteiger partial charge in [0.05, 0.1) is 21.9 Å². The van der Waals surface area contributed by atoms with Crippen LogP contribution in [0.1, 0.15) is 12.8 Å². The zero-order chi connectivity index (χ0) is 10.5. The average Bonchev–Trinajstić information content (AvgIpc) is 2.97. The molecule has 1 fully saturated rings. The van der Waals surface area contributed by atoms with E-state index in [1.807, 2.05) is 0 Å². The predicted molar refractivity (Wildman–Crippen MR) is 56.3 cm³/mol. The molecule has 5 heteroatoms. The summed E-state index contributed by atoms with van der Waals surface area (Å²) in [5.74, 6) is 0. The van der Waals surface area contributed by atoms with Crippen LogP contribution in [0.5, 0.6) is 0 Å². The molecule has 1 aromatic carbocycles. The summed E-state index contributed by atoms with van der Waals surface area (Å²) < 4.78 is 23.9. The highest BCUT2D eigenvalue weighted by molar-refractivity contribution is 7.92. The zero-order valence-corrected chi connectivity index (χ0v) is 8.79. The summed E-state index contributed by atoms with van der Waals surface area (Å²) in [5.41, 5.74) is 0.866. The number of rotatable bonds is 2. The summed E-state index contributed by atoms with van der Waals surface area (Å²) in [4.78, 5) is 0.416. The van der Waals surface area contributed by atoms with Gasteiger partial charge in [-0.2, -0.15) is 5.10 Å². The Balaban J connectivity index is 2.18. The first kappa shape index (κ1) is 8.91. The van der Waals surface area contributed by atoms with Crippen molar-refractivity contribution in [3.05, 3.63) is 24.4 Å². The van der Waals surface area contributed by atoms with Gasteiger partial charge in [-0.25, -0.2) is 8.42 Å². The van der Waals surface area contributed by atoms with E-state index in [2.05, 4.69) is 10.2 Å². The Morgan fingerprint density at radius 3 is 2.87 bits per heavy atom. The minimum Gasteiger partial charge on any atom is -0.278 e. The summed E-state index contributed by atoms with van der Waals surface area (Å²) in [6, 6.07) is 5.10. The molecule has 3 rings (SSSR count). The molecule has 0 radical (unpaired) electrons. The van der Waals surface area contributed by atoms with Crippen LogP contribution in [0.15, 0.2) is 29.3 Å². The lowest BCUT2D eigenvalue weighted by Gasteiger charge is -2.01. The number of fused-ring (bicyclic) bond motifs is 1. The molecule has 1 N–H and O–H groups in total. The second-order valence-electron chi connectivity index (χ2n) is 3.86. The van der Waals surface area contributed by atoms with Crippen molar-refractivity contribution in [3.63, 3.8) is 0 Å². The lowest BCUT2D eigenvalue weighted by molar-refractivity contribution is 0.595. The normalized spacial score (nSPS) is 17.1. The summed E-state index contributed by atoms with van der Waals surface area (Å²) in [6.07, 6.45) is 3.23. The second kappa shape index (κ2) is 2.82. The number of aromatic nitrogens is 2. The van der Waals surface area contributed by atoms with Crippen molar-refractivity contribution in [2.45, 2.75) is 23.0 Å². The van der Waals surface area contributed by atoms with Gasteiger partial charge in [0.25, 0.3) is 0 Å². The summed E-state index contributed by atoms with van der Waals surface area (Å²) >= 11 is 0. The topological polar surface area (TPSA) is 62.8 Å². The van der Waals surface area contributed by atoms with Crippen molar-refractivity contribution >= 4 is 20.7 Å². The van der Waals surface area contributed by atoms with Crippen LogP contribution in [0.4, 0.5) is 0 Å². The van der Waals surface area contributed by atoms with Crippen LogP contribution in [0, 0.1) is 0 Å². The maximum absolute atomic E-state index is 11.9. The Hall–Kier alpha value is -1.36. The van der Waals surface area contributed by atoms with Crippen LogP contribution in [-0.2, 0) is 9.84 Å². The van der Waals surface area contributed by atoms with Crippen LogP contribution in [-0.4, -0.2) is 23.9 Å². The Morgan fingerprint density at radius 2 is 2.13 bits per heavy atom. The number of benzene rings is 1. The highest BCUT2D eigenvalue weighted by Crippen LogP contribution is 2.34. The monoisotopic (exact) mass is 222 g/mol. The second-order valence-corrected chi connectivity index (χ2v) is 6.09. The van der Waals surface area contributed by atoms with Gasteiger partial charge >= 0.3 is 0 Å². The number of hydrogen-bond acceptors (Lipinski definition) is 3. The van der Waals surface area contributed by atoms with Gasteiger partial charge in [-0.15, -0.1) is 0 Å². The molecule has 1 heterocycles. The van der Waals surface area contributed by atoms with Gasteiger partial charge < -0.3 is 0 Å². The third-order valence-corrected chi connectivity index (χ3v) is 4.96. The van der Waals surface area contributed by atoms with Crippen molar-refractivity contribution in [1.29, 1.82) is 0 Å². The Kier molecular flexibility index (Phi) is 1.68. The molecule has 2 aromatic rings. The minimum absolute atomic E-state index is 0.151. The average molecular weight is 222 g/mol. The summed E-state index contributed by atoms with van der Waals surface area (Å²) in [5, 5.41) is 7.36. The molecule has 1 aliphatic rings. The maximum atomic E-state index is 11.9. The lowest BCUT2D eigenvalue weighted by atomic mass is 10.3. The first-order chi connectivity index (χ1) is 7.18. The van der Waals surface area contributed by atoms with Crippen molar-refractivity contribution in [2.24, 2.45) is 0 Å². The van der Waals surface area contributed by atoms with Crippen molar-refractivity contribution < 1.29 is 8.42 Å². The van der Waals surface area contributed by atoms with Gasteiger partial charge in [-0.3, -0.25) is 5.10 Å². The van der Waals surface area contributed by atoms with E-state index >= 15 is 0 Å². The SMILES string of the molecule is O=S(=O)(c1ccc2[nH]ncc2c1)C1CC1. The highest BCUT2D eigenvalue weighted by Gasteiger charge is 2.36. The molecule has 15 heavy (non-hydrogen) atoms. The van der Waals surface area contributed by atoms with E-state index in [1.54, 1.807) is 24.4 Å². The molecule has 1 aliphatic carbocycles. The van der Waals surface area contributed by atoms with Crippen LogP contribution in [0.3, 0.4) is 0 Å². The number of nitrogens with one attached hydrogen (secondary N) is 1. The fourth-order valence-corrected chi connectivity index (χ4v) is 3.36. The van der Waals surface area contributed by atoms with Gasteiger partial charge in [-0.1, -0.05) is 0 Å². The molecule has 1 saturated carbocycles. The third-order valence-electron chi connectivity index (χ3n) is 2.70. The Morgan fingerprint density at radius 1 is 1.33 bits per heavy atom. The molecule has 0 amide bonds. The van der Waals surface area contributed by atoms with E-state index < -0.39 is 9.84 Å². The quantitative estimate of drug-likeness (QED) is 0.837. The van der Waals surface area contributed by atoms with Gasteiger partial charge in [-0.05, 0) is 31.0 Å². The first-order valence-corrected chi connectivity index (χ1v) is 6.39. The molecule has 4 nitrogen and oxygen atoms in total. The molecule has 0 aliphatic heterocycles. The molecule has 0 atom stereocenters. The fraction of sp³-hybridized carbons (Fsp3) is 0.300. The summed E-state index contributed by atoms with van der Waals surface area (Å²) in [6.45, 7) is 0. The molecule has 0 unspecified atom stereocenters. The molecular formula is C10H10N2O2S. The van der Waals surface area contributed by atoms with E-state index in [1.165, 1.54) is 0 Å². The molecule has 0 bridgehead atoms. The predicted octanol–water partition coefficient (Wildman–Crippen LogP) is 1.50. The smallest absolute Gasteiger partial charge is 0.181 e. The van der Waals surface area contributed by atoms with E-state index in [0.717, 1.165) is 23.7 Å². The Labute approximate surface area is 87.2 Å². The van der Waals surface area contributed by atoms with Crippen molar-refractivity contribution in [1.82, 2.24) is 10.2 Å². The fourth-order valence-electron chi connectivity index (χ4n) is 1.67. The molecule has 0 saturated heterocycles. The lowest BCUT2D eigenvalue weighted by Crippen LogP contribution is -2.06. The Bertz CT molecular complexity index is 611. The van der Waals surface area contributed by atoms with E-state index in [-0.39, 0.29) is 5.25 Å². The van der Waals surface area contributed by atoms with Crippen molar-refractivity contribution in [2.75, 3.05) is 0 Å². The molecule has 1 aromatic heterocycles. The number of hydrogen-bond donors (Lipinski definition) is 1. The number of H-pyrrole nitrogens is 1.